The Morgan fingerprint density at radius 1 is 1.22 bits per heavy atom. The van der Waals surface area contributed by atoms with Gasteiger partial charge < -0.3 is 10.4 Å². The van der Waals surface area contributed by atoms with Crippen molar-refractivity contribution < 1.29 is 13.9 Å². The molecule has 1 atom stereocenters. The predicted molar refractivity (Wildman–Crippen MR) is 157 cm³/mol. The van der Waals surface area contributed by atoms with Crippen LogP contribution in [0.25, 0.3) is 11.0 Å². The maximum Gasteiger partial charge on any atom is 0.301 e. The normalized spacial score (nSPS) is 15.7. The molecule has 0 radical (unpaired) electrons. The molecule has 0 spiro atoms. The van der Waals surface area contributed by atoms with Gasteiger partial charge in [0, 0.05) is 24.2 Å². The first kappa shape index (κ1) is 30.3. The molecule has 3 aromatic rings. The van der Waals surface area contributed by atoms with Crippen LogP contribution in [0, 0.1) is 18.3 Å². The average molecular weight is 564 g/mol. The van der Waals surface area contributed by atoms with E-state index in [9.17, 15) is 15.2 Å². The topological polar surface area (TPSA) is 104 Å². The molecular formula is C32H39F2N5O2. The smallest absolute Gasteiger partial charge is 0.301 e. The molecular weight excluding hydrogens is 524 g/mol. The van der Waals surface area contributed by atoms with Crippen LogP contribution >= 0.6 is 0 Å². The lowest BCUT2D eigenvalue weighted by Crippen LogP contribution is -2.42. The first-order chi connectivity index (χ1) is 19.5. The molecule has 7 nitrogen and oxygen atoms in total. The van der Waals surface area contributed by atoms with Crippen molar-refractivity contribution in [2.45, 2.75) is 102 Å². The zero-order valence-corrected chi connectivity index (χ0v) is 24.1. The van der Waals surface area contributed by atoms with Crippen molar-refractivity contribution in [3.63, 3.8) is 0 Å². The molecule has 2 N–H and O–H groups in total. The number of nitrogens with zero attached hydrogens (tertiary/aromatic N) is 4. The van der Waals surface area contributed by atoms with E-state index in [2.05, 4.69) is 34.9 Å². The summed E-state index contributed by atoms with van der Waals surface area (Å²) in [6.07, 6.45) is 7.44. The van der Waals surface area contributed by atoms with Crippen molar-refractivity contribution in [2.24, 2.45) is 0 Å². The Hall–Kier alpha value is -3.64. The van der Waals surface area contributed by atoms with Gasteiger partial charge in [0.25, 0.3) is 5.56 Å². The number of aryl methyl sites for hydroxylation is 2. The maximum atomic E-state index is 15.2. The van der Waals surface area contributed by atoms with Crippen LogP contribution in [-0.2, 0) is 24.4 Å². The van der Waals surface area contributed by atoms with Gasteiger partial charge in [0.1, 0.15) is 22.9 Å². The van der Waals surface area contributed by atoms with E-state index in [1.165, 1.54) is 24.3 Å². The summed E-state index contributed by atoms with van der Waals surface area (Å²) in [5, 5.41) is 24.2. The largest absolute Gasteiger partial charge is 0.383 e. The number of hydrogen-bond acceptors (Lipinski definition) is 6. The highest BCUT2D eigenvalue weighted by atomic mass is 19.3. The van der Waals surface area contributed by atoms with Gasteiger partial charge in [-0.2, -0.15) is 14.0 Å². The molecule has 41 heavy (non-hydrogen) atoms. The Morgan fingerprint density at radius 3 is 2.61 bits per heavy atom. The summed E-state index contributed by atoms with van der Waals surface area (Å²) >= 11 is 0. The maximum absolute atomic E-state index is 15.2. The van der Waals surface area contributed by atoms with Crippen LogP contribution in [0.1, 0.15) is 87.7 Å². The summed E-state index contributed by atoms with van der Waals surface area (Å²) in [6, 6.07) is 10.0. The number of nitrogens with one attached hydrogen (secondary N) is 1. The standard InChI is InChI=1S/C32H39F2N5O2/c1-5-7-8-9-10-17-39-28-25(19-26(29(39)40)31(21-35)15-16-31)27(37-22(3)38-28)36-20-23-12-11-13-24(18-23)32(33,34)30(4,41)14-6-2/h6,11-13,18-19,41H,2,5,7-10,14-17,20H2,1,3-4H3,(H,36,37,38). The zero-order chi connectivity index (χ0) is 29.8. The van der Waals surface area contributed by atoms with E-state index in [1.54, 1.807) is 23.6 Å². The average Bonchev–Trinajstić information content (AvgIpc) is 3.73. The van der Waals surface area contributed by atoms with Gasteiger partial charge in [-0.25, -0.2) is 9.97 Å². The van der Waals surface area contributed by atoms with Gasteiger partial charge in [-0.05, 0) is 57.2 Å². The van der Waals surface area contributed by atoms with E-state index in [-0.39, 0.29) is 24.1 Å². The Balaban J connectivity index is 1.70. The minimum Gasteiger partial charge on any atom is -0.383 e. The number of fused-ring (bicyclic) bond motifs is 1. The van der Waals surface area contributed by atoms with Gasteiger partial charge in [0.2, 0.25) is 0 Å². The number of benzene rings is 1. The Kier molecular flexibility index (Phi) is 8.93. The van der Waals surface area contributed by atoms with Gasteiger partial charge in [-0.3, -0.25) is 9.36 Å². The molecule has 0 saturated heterocycles. The quantitative estimate of drug-likeness (QED) is 0.168. The number of aliphatic hydroxyl groups is 1. The number of nitriles is 1. The van der Waals surface area contributed by atoms with E-state index in [1.807, 2.05) is 0 Å². The molecule has 1 unspecified atom stereocenters. The molecule has 2 aromatic heterocycles. The highest BCUT2D eigenvalue weighted by Gasteiger charge is 2.49. The van der Waals surface area contributed by atoms with Crippen LogP contribution in [0.4, 0.5) is 14.6 Å². The molecule has 0 aliphatic heterocycles. The van der Waals surface area contributed by atoms with Crippen LogP contribution < -0.4 is 10.9 Å². The van der Waals surface area contributed by atoms with Crippen molar-refractivity contribution in [1.29, 1.82) is 5.26 Å². The van der Waals surface area contributed by atoms with Crippen molar-refractivity contribution >= 4 is 16.9 Å². The second-order valence-electron chi connectivity index (χ2n) is 11.4. The Labute approximate surface area is 240 Å². The first-order valence-corrected chi connectivity index (χ1v) is 14.4. The number of aromatic nitrogens is 3. The summed E-state index contributed by atoms with van der Waals surface area (Å²) in [4.78, 5) is 22.9. The fourth-order valence-corrected chi connectivity index (χ4v) is 5.26. The Morgan fingerprint density at radius 2 is 1.95 bits per heavy atom. The number of hydrogen-bond donors (Lipinski definition) is 2. The third-order valence-corrected chi connectivity index (χ3v) is 7.99. The lowest BCUT2D eigenvalue weighted by atomic mass is 9.88. The first-order valence-electron chi connectivity index (χ1n) is 14.4. The van der Waals surface area contributed by atoms with Crippen LogP contribution in [0.2, 0.25) is 0 Å². The van der Waals surface area contributed by atoms with E-state index in [0.717, 1.165) is 39.0 Å². The molecule has 0 bridgehead atoms. The van der Waals surface area contributed by atoms with Crippen LogP contribution in [0.15, 0.2) is 47.8 Å². The Bertz CT molecular complexity index is 1520. The molecule has 218 valence electrons. The fourth-order valence-electron chi connectivity index (χ4n) is 5.26. The highest BCUT2D eigenvalue weighted by Crippen LogP contribution is 2.47. The number of rotatable bonds is 14. The van der Waals surface area contributed by atoms with Crippen LogP contribution in [-0.4, -0.2) is 25.2 Å². The molecule has 4 rings (SSSR count). The molecule has 1 aliphatic rings. The van der Waals surface area contributed by atoms with Gasteiger partial charge in [-0.1, -0.05) is 56.9 Å². The van der Waals surface area contributed by atoms with Crippen molar-refractivity contribution in [3.05, 3.63) is 75.9 Å². The fraction of sp³-hybridized carbons (Fsp3) is 0.500. The summed E-state index contributed by atoms with van der Waals surface area (Å²) in [5.41, 5.74) is -2.02. The third kappa shape index (κ3) is 6.18. The minimum atomic E-state index is -3.49. The van der Waals surface area contributed by atoms with E-state index < -0.39 is 16.9 Å². The van der Waals surface area contributed by atoms with Gasteiger partial charge >= 0.3 is 5.92 Å². The molecule has 1 fully saturated rings. The lowest BCUT2D eigenvalue weighted by Gasteiger charge is -2.32. The number of halogens is 2. The zero-order valence-electron chi connectivity index (χ0n) is 24.1. The van der Waals surface area contributed by atoms with Gasteiger partial charge in [0.05, 0.1) is 16.9 Å². The van der Waals surface area contributed by atoms with Crippen molar-refractivity contribution in [2.75, 3.05) is 5.32 Å². The van der Waals surface area contributed by atoms with Gasteiger partial charge in [-0.15, -0.1) is 6.58 Å². The second kappa shape index (κ2) is 12.1. The molecule has 0 amide bonds. The van der Waals surface area contributed by atoms with Crippen molar-refractivity contribution in [1.82, 2.24) is 14.5 Å². The number of anilines is 1. The SMILES string of the molecule is C=CCC(C)(O)C(F)(F)c1cccc(CNc2nc(C)nc3c2cc(C2(C#N)CC2)c(=O)n3CCCCCCC)c1. The van der Waals surface area contributed by atoms with E-state index in [0.29, 0.717) is 53.2 Å². The molecule has 1 aliphatic carbocycles. The highest BCUT2D eigenvalue weighted by molar-refractivity contribution is 5.87. The number of pyridine rings is 1. The molecule has 9 heteroatoms. The van der Waals surface area contributed by atoms with Crippen molar-refractivity contribution in [3.8, 4) is 6.07 Å². The van der Waals surface area contributed by atoms with Crippen LogP contribution in [0.3, 0.4) is 0 Å². The lowest BCUT2D eigenvalue weighted by molar-refractivity contribution is -0.176. The van der Waals surface area contributed by atoms with E-state index in [4.69, 9.17) is 0 Å². The summed E-state index contributed by atoms with van der Waals surface area (Å²) in [6.45, 7) is 9.15. The van der Waals surface area contributed by atoms with Gasteiger partial charge in [0.15, 0.2) is 0 Å². The number of alkyl halides is 2. The van der Waals surface area contributed by atoms with Crippen LogP contribution in [0.5, 0.6) is 0 Å². The second-order valence-corrected chi connectivity index (χ2v) is 11.4. The molecule has 1 aromatic carbocycles. The van der Waals surface area contributed by atoms with E-state index >= 15 is 8.78 Å². The molecule has 1 saturated carbocycles. The number of unbranched alkanes of at least 4 members (excludes halogenated alkanes) is 4. The predicted octanol–water partition coefficient (Wildman–Crippen LogP) is 6.66. The minimum absolute atomic E-state index is 0.175. The monoisotopic (exact) mass is 563 g/mol. The summed E-state index contributed by atoms with van der Waals surface area (Å²) in [7, 11) is 0. The third-order valence-electron chi connectivity index (χ3n) is 7.99. The summed E-state index contributed by atoms with van der Waals surface area (Å²) < 4.78 is 32.0. The summed E-state index contributed by atoms with van der Waals surface area (Å²) in [5.74, 6) is -2.56. The molecule has 2 heterocycles.